The zero-order chi connectivity index (χ0) is 21.4. The minimum atomic E-state index is -0.954. The van der Waals surface area contributed by atoms with Crippen LogP contribution in [-0.2, 0) is 4.74 Å². The van der Waals surface area contributed by atoms with Crippen LogP contribution in [-0.4, -0.2) is 65.1 Å². The Kier molecular flexibility index (Phi) is 5.29. The van der Waals surface area contributed by atoms with Gasteiger partial charge in [0.05, 0.1) is 19.3 Å². The summed E-state index contributed by atoms with van der Waals surface area (Å²) in [4.78, 5) is 9.07. The zero-order valence-corrected chi connectivity index (χ0v) is 17.3. The number of hydrogen-bond donors (Lipinski definition) is 1. The van der Waals surface area contributed by atoms with Gasteiger partial charge in [0.25, 0.3) is 0 Å². The molecule has 3 heterocycles. The van der Waals surface area contributed by atoms with E-state index >= 15 is 0 Å². The van der Waals surface area contributed by atoms with Crippen molar-refractivity contribution in [2.45, 2.75) is 13.0 Å². The van der Waals surface area contributed by atoms with Gasteiger partial charge in [0.2, 0.25) is 5.95 Å². The molecule has 1 N–H and O–H groups in total. The van der Waals surface area contributed by atoms with E-state index in [0.29, 0.717) is 12.0 Å². The molecule has 2 aliphatic rings. The van der Waals surface area contributed by atoms with Gasteiger partial charge in [0, 0.05) is 37.6 Å². The summed E-state index contributed by atoms with van der Waals surface area (Å²) in [5.41, 5.74) is 3.12. The fourth-order valence-corrected chi connectivity index (χ4v) is 4.03. The average molecular weight is 426 g/mol. The molecule has 9 heteroatoms. The Morgan fingerprint density at radius 3 is 2.61 bits per heavy atom. The van der Waals surface area contributed by atoms with E-state index in [1.807, 2.05) is 13.0 Å². The summed E-state index contributed by atoms with van der Waals surface area (Å²) in [5.74, 6) is -1.56. The minimum Gasteiger partial charge on any atom is -0.378 e. The van der Waals surface area contributed by atoms with Crippen LogP contribution >= 0.6 is 0 Å². The molecule has 0 atom stereocenters. The lowest BCUT2D eigenvalue weighted by Gasteiger charge is -2.43. The van der Waals surface area contributed by atoms with E-state index in [0.717, 1.165) is 62.4 Å². The number of rotatable bonds is 5. The summed E-state index contributed by atoms with van der Waals surface area (Å²) >= 11 is 0. The number of aromatic nitrogens is 3. The van der Waals surface area contributed by atoms with Crippen LogP contribution in [0.4, 0.5) is 26.1 Å². The number of ether oxygens (including phenoxy) is 1. The van der Waals surface area contributed by atoms with Gasteiger partial charge in [-0.2, -0.15) is 4.98 Å². The number of hydrogen-bond acceptors (Lipinski definition) is 6. The summed E-state index contributed by atoms with van der Waals surface area (Å²) in [6, 6.07) is 10.8. The first kappa shape index (κ1) is 19.9. The largest absolute Gasteiger partial charge is 0.378 e. The first-order valence-electron chi connectivity index (χ1n) is 10.4. The predicted molar refractivity (Wildman–Crippen MR) is 114 cm³/mol. The van der Waals surface area contributed by atoms with Crippen molar-refractivity contribution < 1.29 is 13.5 Å². The Morgan fingerprint density at radius 2 is 1.87 bits per heavy atom. The number of nitrogens with zero attached hydrogens (tertiary/aromatic N) is 5. The number of nitrogens with one attached hydrogen (secondary N) is 1. The maximum Gasteiger partial charge on any atom is 0.246 e. The molecule has 0 amide bonds. The molecule has 5 rings (SSSR count). The smallest absolute Gasteiger partial charge is 0.246 e. The van der Waals surface area contributed by atoms with E-state index in [1.165, 1.54) is 23.1 Å². The first-order chi connectivity index (χ1) is 15.1. The maximum absolute atomic E-state index is 14.0. The second-order valence-corrected chi connectivity index (χ2v) is 7.98. The molecule has 0 bridgehead atoms. The van der Waals surface area contributed by atoms with Crippen molar-refractivity contribution in [1.82, 2.24) is 19.7 Å². The molecular weight excluding hydrogens is 402 g/mol. The van der Waals surface area contributed by atoms with Crippen LogP contribution in [0.25, 0.3) is 5.69 Å². The monoisotopic (exact) mass is 426 g/mol. The van der Waals surface area contributed by atoms with E-state index in [4.69, 9.17) is 4.74 Å². The Bertz CT molecular complexity index is 1080. The predicted octanol–water partition coefficient (Wildman–Crippen LogP) is 3.12. The first-order valence-corrected chi connectivity index (χ1v) is 10.4. The van der Waals surface area contributed by atoms with Crippen LogP contribution in [0.5, 0.6) is 0 Å². The molecule has 31 heavy (non-hydrogen) atoms. The Morgan fingerprint density at radius 1 is 1.06 bits per heavy atom. The summed E-state index contributed by atoms with van der Waals surface area (Å²) in [7, 11) is 0. The lowest BCUT2D eigenvalue weighted by molar-refractivity contribution is -0.0660. The number of halogens is 2. The van der Waals surface area contributed by atoms with Gasteiger partial charge in [0.15, 0.2) is 11.6 Å². The standard InChI is InChI=1S/C22H24F2N6O/c1-15-9-16(11-17(10-15)28-5-7-29(8-6-28)18-12-31-13-18)26-22-25-14-30(27-22)20-4-2-3-19(23)21(20)24/h2-4,9-11,14,18H,5-8,12-13H2,1H3,(H,26,27). The molecule has 0 saturated carbocycles. The summed E-state index contributed by atoms with van der Waals surface area (Å²) in [5, 5.41) is 7.43. The van der Waals surface area contributed by atoms with Gasteiger partial charge in [0.1, 0.15) is 12.0 Å². The van der Waals surface area contributed by atoms with E-state index in [1.54, 1.807) is 0 Å². The average Bonchev–Trinajstić information content (AvgIpc) is 3.17. The van der Waals surface area contributed by atoms with Gasteiger partial charge >= 0.3 is 0 Å². The molecular formula is C22H24F2N6O. The van der Waals surface area contributed by atoms with E-state index in [2.05, 4.69) is 37.3 Å². The number of benzene rings is 2. The molecule has 0 radical (unpaired) electrons. The van der Waals surface area contributed by atoms with Crippen molar-refractivity contribution in [2.75, 3.05) is 49.6 Å². The third-order valence-corrected chi connectivity index (χ3v) is 5.80. The second-order valence-electron chi connectivity index (χ2n) is 7.98. The molecule has 2 saturated heterocycles. The summed E-state index contributed by atoms with van der Waals surface area (Å²) in [6.07, 6.45) is 1.36. The number of anilines is 3. The molecule has 1 aromatic heterocycles. The third kappa shape index (κ3) is 4.11. The van der Waals surface area contributed by atoms with E-state index in [-0.39, 0.29) is 5.69 Å². The topological polar surface area (TPSA) is 58.5 Å². The van der Waals surface area contributed by atoms with E-state index < -0.39 is 11.6 Å². The van der Waals surface area contributed by atoms with Crippen molar-refractivity contribution >= 4 is 17.3 Å². The third-order valence-electron chi connectivity index (χ3n) is 5.80. The molecule has 2 aliphatic heterocycles. The van der Waals surface area contributed by atoms with Crippen molar-refractivity contribution in [3.63, 3.8) is 0 Å². The van der Waals surface area contributed by atoms with Gasteiger partial charge in [-0.3, -0.25) is 4.90 Å². The number of aryl methyl sites for hydroxylation is 1. The highest BCUT2D eigenvalue weighted by atomic mass is 19.2. The van der Waals surface area contributed by atoms with E-state index in [9.17, 15) is 8.78 Å². The number of piperazine rings is 1. The van der Waals surface area contributed by atoms with Crippen LogP contribution in [0.1, 0.15) is 5.56 Å². The zero-order valence-electron chi connectivity index (χ0n) is 17.3. The molecule has 3 aromatic rings. The van der Waals surface area contributed by atoms with Crippen molar-refractivity contribution in [3.05, 3.63) is 59.9 Å². The molecule has 0 aliphatic carbocycles. The van der Waals surface area contributed by atoms with Gasteiger partial charge in [-0.1, -0.05) is 6.07 Å². The highest BCUT2D eigenvalue weighted by Crippen LogP contribution is 2.26. The Balaban J connectivity index is 1.30. The van der Waals surface area contributed by atoms with Crippen molar-refractivity contribution in [2.24, 2.45) is 0 Å². The fraction of sp³-hybridized carbons (Fsp3) is 0.364. The summed E-state index contributed by atoms with van der Waals surface area (Å²) in [6.45, 7) is 7.71. The molecule has 162 valence electrons. The van der Waals surface area contributed by atoms with Gasteiger partial charge in [-0.05, 0) is 42.8 Å². The van der Waals surface area contributed by atoms with Crippen LogP contribution in [0, 0.1) is 18.6 Å². The minimum absolute atomic E-state index is 0.0141. The van der Waals surface area contributed by atoms with Gasteiger partial charge < -0.3 is 15.0 Å². The molecule has 2 fully saturated rings. The Hall–Kier alpha value is -3.04. The summed E-state index contributed by atoms with van der Waals surface area (Å²) < 4.78 is 34.1. The molecule has 7 nitrogen and oxygen atoms in total. The normalized spacial score (nSPS) is 17.6. The Labute approximate surface area is 179 Å². The maximum atomic E-state index is 14.0. The lowest BCUT2D eigenvalue weighted by atomic mass is 10.1. The van der Waals surface area contributed by atoms with Crippen LogP contribution in [0.3, 0.4) is 0 Å². The highest BCUT2D eigenvalue weighted by molar-refractivity contribution is 5.64. The lowest BCUT2D eigenvalue weighted by Crippen LogP contribution is -2.56. The van der Waals surface area contributed by atoms with Crippen LogP contribution in [0.2, 0.25) is 0 Å². The van der Waals surface area contributed by atoms with Crippen LogP contribution in [0.15, 0.2) is 42.7 Å². The molecule has 0 spiro atoms. The van der Waals surface area contributed by atoms with Gasteiger partial charge in [-0.25, -0.2) is 13.5 Å². The fourth-order valence-electron chi connectivity index (χ4n) is 4.03. The quantitative estimate of drug-likeness (QED) is 0.677. The van der Waals surface area contributed by atoms with Crippen molar-refractivity contribution in [1.29, 1.82) is 0 Å². The SMILES string of the molecule is Cc1cc(Nc2ncn(-c3cccc(F)c3F)n2)cc(N2CCN(C3COC3)CC2)c1. The molecule has 0 unspecified atom stereocenters. The van der Waals surface area contributed by atoms with Crippen molar-refractivity contribution in [3.8, 4) is 5.69 Å². The van der Waals surface area contributed by atoms with Crippen LogP contribution < -0.4 is 10.2 Å². The second kappa shape index (κ2) is 8.24. The molecule has 2 aromatic carbocycles. The highest BCUT2D eigenvalue weighted by Gasteiger charge is 2.29. The van der Waals surface area contributed by atoms with Gasteiger partial charge in [-0.15, -0.1) is 5.10 Å².